The van der Waals surface area contributed by atoms with E-state index in [4.69, 9.17) is 24.4 Å². The smallest absolute Gasteiger partial charge is 0.328 e. The van der Waals surface area contributed by atoms with Crippen LogP contribution < -0.4 is 14.2 Å². The highest BCUT2D eigenvalue weighted by molar-refractivity contribution is 5.86. The lowest BCUT2D eigenvalue weighted by molar-refractivity contribution is -0.132. The Kier molecular flexibility index (Phi) is 6.60. The van der Waals surface area contributed by atoms with Crippen LogP contribution in [0.15, 0.2) is 48.6 Å². The van der Waals surface area contributed by atoms with E-state index in [9.17, 15) is 9.59 Å². The molecule has 0 aromatic heterocycles. The minimum atomic E-state index is -1.05. The molecule has 0 amide bonds. The summed E-state index contributed by atoms with van der Waals surface area (Å²) in [6.07, 6.45) is 4.90. The maximum atomic E-state index is 10.7. The largest absolute Gasteiger partial charge is 0.496 e. The Bertz CT molecular complexity index is 824. The van der Waals surface area contributed by atoms with Crippen molar-refractivity contribution in [2.24, 2.45) is 0 Å². The fraction of sp³-hybridized carbons (Fsp3) is 0.100. The molecule has 0 aliphatic carbocycles. The lowest BCUT2D eigenvalue weighted by atomic mass is 10.1. The molecule has 2 N–H and O–H groups in total. The third kappa shape index (κ3) is 5.64. The second-order valence-electron chi connectivity index (χ2n) is 5.25. The molecule has 140 valence electrons. The van der Waals surface area contributed by atoms with Gasteiger partial charge in [0.1, 0.15) is 23.0 Å². The Hall–Kier alpha value is -3.74. The third-order valence-electron chi connectivity index (χ3n) is 3.46. The van der Waals surface area contributed by atoms with Gasteiger partial charge in [-0.2, -0.15) is 0 Å². The summed E-state index contributed by atoms with van der Waals surface area (Å²) in [5, 5.41) is 17.5. The van der Waals surface area contributed by atoms with Crippen LogP contribution in [-0.2, 0) is 9.59 Å². The van der Waals surface area contributed by atoms with Crippen molar-refractivity contribution >= 4 is 24.1 Å². The van der Waals surface area contributed by atoms with Gasteiger partial charge in [-0.3, -0.25) is 0 Å². The van der Waals surface area contributed by atoms with Crippen molar-refractivity contribution in [2.45, 2.75) is 0 Å². The molecule has 0 saturated carbocycles. The zero-order chi connectivity index (χ0) is 19.8. The summed E-state index contributed by atoms with van der Waals surface area (Å²) >= 11 is 0. The number of carboxylic acids is 2. The molecule has 0 fully saturated rings. The van der Waals surface area contributed by atoms with Crippen LogP contribution in [0.4, 0.5) is 0 Å². The van der Waals surface area contributed by atoms with Gasteiger partial charge in [-0.1, -0.05) is 0 Å². The van der Waals surface area contributed by atoms with E-state index in [1.807, 2.05) is 0 Å². The molecule has 0 atom stereocenters. The van der Waals surface area contributed by atoms with E-state index in [2.05, 4.69) is 0 Å². The van der Waals surface area contributed by atoms with Crippen LogP contribution in [0.5, 0.6) is 23.0 Å². The number of benzene rings is 2. The predicted octanol–water partition coefficient (Wildman–Crippen LogP) is 3.69. The molecule has 0 saturated heterocycles. The van der Waals surface area contributed by atoms with Gasteiger partial charge < -0.3 is 24.4 Å². The standard InChI is InChI=1S/C20H18O7/c1-25-17-11-15(7-3-13(17)5-9-19(21)22)27-16-8-4-14(6-10-20(23)24)18(12-16)26-2/h3-12H,1-2H3,(H,21,22)(H,23,24)/b9-5+,10-6+. The Balaban J connectivity index is 2.26. The van der Waals surface area contributed by atoms with Crippen LogP contribution in [-0.4, -0.2) is 36.4 Å². The molecule has 0 bridgehead atoms. The van der Waals surface area contributed by atoms with Crippen molar-refractivity contribution in [3.05, 3.63) is 59.7 Å². The second-order valence-corrected chi connectivity index (χ2v) is 5.25. The lowest BCUT2D eigenvalue weighted by Gasteiger charge is -2.12. The maximum absolute atomic E-state index is 10.7. The Labute approximate surface area is 155 Å². The summed E-state index contributed by atoms with van der Waals surface area (Å²) in [5.74, 6) is -0.232. The Morgan fingerprint density at radius 1 is 0.778 bits per heavy atom. The highest BCUT2D eigenvalue weighted by atomic mass is 16.5. The van der Waals surface area contributed by atoms with Crippen LogP contribution in [0.1, 0.15) is 11.1 Å². The van der Waals surface area contributed by atoms with E-state index in [0.717, 1.165) is 12.2 Å². The van der Waals surface area contributed by atoms with Gasteiger partial charge in [0.15, 0.2) is 0 Å². The molecule has 0 aliphatic rings. The first-order valence-corrected chi connectivity index (χ1v) is 7.79. The average Bonchev–Trinajstić information content (AvgIpc) is 2.65. The molecule has 7 nitrogen and oxygen atoms in total. The third-order valence-corrected chi connectivity index (χ3v) is 3.46. The van der Waals surface area contributed by atoms with E-state index >= 15 is 0 Å². The SMILES string of the molecule is COc1cc(Oc2ccc(/C=C/C(=O)O)c(OC)c2)ccc1/C=C/C(=O)O. The van der Waals surface area contributed by atoms with Gasteiger partial charge >= 0.3 is 11.9 Å². The lowest BCUT2D eigenvalue weighted by Crippen LogP contribution is -1.93. The van der Waals surface area contributed by atoms with Crippen molar-refractivity contribution in [2.75, 3.05) is 14.2 Å². The van der Waals surface area contributed by atoms with Crippen LogP contribution in [0.25, 0.3) is 12.2 Å². The molecule has 2 aromatic carbocycles. The first-order valence-electron chi connectivity index (χ1n) is 7.79. The summed E-state index contributed by atoms with van der Waals surface area (Å²) in [6.45, 7) is 0. The van der Waals surface area contributed by atoms with E-state index in [1.54, 1.807) is 36.4 Å². The normalized spacial score (nSPS) is 10.9. The summed E-state index contributed by atoms with van der Waals surface area (Å²) < 4.78 is 16.3. The van der Waals surface area contributed by atoms with Crippen LogP contribution >= 0.6 is 0 Å². The molecule has 0 heterocycles. The molecule has 7 heteroatoms. The van der Waals surface area contributed by atoms with Crippen LogP contribution in [0, 0.1) is 0 Å². The highest BCUT2D eigenvalue weighted by Gasteiger charge is 2.07. The average molecular weight is 370 g/mol. The van der Waals surface area contributed by atoms with Gasteiger partial charge in [0.2, 0.25) is 0 Å². The highest BCUT2D eigenvalue weighted by Crippen LogP contribution is 2.32. The molecule has 0 aliphatic heterocycles. The Morgan fingerprint density at radius 2 is 1.19 bits per heavy atom. The maximum Gasteiger partial charge on any atom is 0.328 e. The summed E-state index contributed by atoms with van der Waals surface area (Å²) in [4.78, 5) is 21.3. The number of ether oxygens (including phenoxy) is 3. The van der Waals surface area contributed by atoms with Gasteiger partial charge in [-0.05, 0) is 36.4 Å². The zero-order valence-electron chi connectivity index (χ0n) is 14.7. The number of methoxy groups -OCH3 is 2. The number of aliphatic carboxylic acids is 2. The number of rotatable bonds is 8. The van der Waals surface area contributed by atoms with Crippen LogP contribution in [0.2, 0.25) is 0 Å². The van der Waals surface area contributed by atoms with E-state index in [1.165, 1.54) is 26.4 Å². The predicted molar refractivity (Wildman–Crippen MR) is 99.4 cm³/mol. The molecule has 27 heavy (non-hydrogen) atoms. The quantitative estimate of drug-likeness (QED) is 0.683. The first-order chi connectivity index (χ1) is 12.9. The van der Waals surface area contributed by atoms with Crippen molar-refractivity contribution in [3.63, 3.8) is 0 Å². The molecule has 2 aromatic rings. The summed E-state index contributed by atoms with van der Waals surface area (Å²) in [7, 11) is 2.95. The minimum Gasteiger partial charge on any atom is -0.496 e. The van der Waals surface area contributed by atoms with E-state index in [0.29, 0.717) is 34.1 Å². The van der Waals surface area contributed by atoms with E-state index < -0.39 is 11.9 Å². The molecule has 0 spiro atoms. The number of carboxylic acid groups (broad SMARTS) is 2. The number of hydrogen-bond acceptors (Lipinski definition) is 5. The van der Waals surface area contributed by atoms with Crippen molar-refractivity contribution in [1.29, 1.82) is 0 Å². The fourth-order valence-electron chi connectivity index (χ4n) is 2.24. The summed E-state index contributed by atoms with van der Waals surface area (Å²) in [6, 6.07) is 9.96. The van der Waals surface area contributed by atoms with Gasteiger partial charge in [-0.25, -0.2) is 9.59 Å². The topological polar surface area (TPSA) is 102 Å². The van der Waals surface area contributed by atoms with Gasteiger partial charge in [-0.15, -0.1) is 0 Å². The zero-order valence-corrected chi connectivity index (χ0v) is 14.7. The van der Waals surface area contributed by atoms with Crippen molar-refractivity contribution in [1.82, 2.24) is 0 Å². The molecule has 2 rings (SSSR count). The van der Waals surface area contributed by atoms with Crippen LogP contribution in [0.3, 0.4) is 0 Å². The van der Waals surface area contributed by atoms with E-state index in [-0.39, 0.29) is 0 Å². The first kappa shape index (κ1) is 19.6. The van der Waals surface area contributed by atoms with Gasteiger partial charge in [0, 0.05) is 35.4 Å². The molecular weight excluding hydrogens is 352 g/mol. The van der Waals surface area contributed by atoms with Gasteiger partial charge in [0.25, 0.3) is 0 Å². The fourth-order valence-corrected chi connectivity index (χ4v) is 2.24. The monoisotopic (exact) mass is 370 g/mol. The van der Waals surface area contributed by atoms with Crippen molar-refractivity contribution < 1.29 is 34.0 Å². The number of carbonyl (C=O) groups is 2. The minimum absolute atomic E-state index is 0.456. The Morgan fingerprint density at radius 3 is 1.52 bits per heavy atom. The molecule has 0 radical (unpaired) electrons. The van der Waals surface area contributed by atoms with Gasteiger partial charge in [0.05, 0.1) is 14.2 Å². The number of hydrogen-bond donors (Lipinski definition) is 2. The van der Waals surface area contributed by atoms with Crippen molar-refractivity contribution in [3.8, 4) is 23.0 Å². The second kappa shape index (κ2) is 9.10. The summed E-state index contributed by atoms with van der Waals surface area (Å²) in [5.41, 5.74) is 1.19. The molecular formula is C20H18O7. The molecule has 0 unspecified atom stereocenters.